The first-order valence-corrected chi connectivity index (χ1v) is 7.88. The molecule has 1 aliphatic carbocycles. The van der Waals surface area contributed by atoms with Crippen LogP contribution in [0.1, 0.15) is 53.4 Å². The van der Waals surface area contributed by atoms with Crippen LogP contribution in [0.4, 0.5) is 0 Å². The first-order chi connectivity index (χ1) is 8.43. The van der Waals surface area contributed by atoms with Crippen molar-refractivity contribution in [1.82, 2.24) is 4.90 Å². The van der Waals surface area contributed by atoms with Gasteiger partial charge in [0.05, 0.1) is 0 Å². The van der Waals surface area contributed by atoms with Gasteiger partial charge in [-0.15, -0.1) is 0 Å². The van der Waals surface area contributed by atoms with Gasteiger partial charge in [0.1, 0.15) is 0 Å². The number of rotatable bonds is 6. The third-order valence-electron chi connectivity index (χ3n) is 4.89. The van der Waals surface area contributed by atoms with E-state index in [1.165, 1.54) is 38.8 Å². The number of nitrogens with two attached hydrogens (primary N) is 1. The van der Waals surface area contributed by atoms with Gasteiger partial charge in [-0.05, 0) is 50.0 Å². The van der Waals surface area contributed by atoms with E-state index in [0.29, 0.717) is 12.0 Å². The van der Waals surface area contributed by atoms with E-state index in [4.69, 9.17) is 5.73 Å². The Bertz CT molecular complexity index is 227. The molecule has 0 aromatic rings. The SMILES string of the molecule is CCC(C)CN(C)CC1CC(C(C)C)CCC1N. The summed E-state index contributed by atoms with van der Waals surface area (Å²) in [6.45, 7) is 11.7. The molecular formula is C16H34N2. The van der Waals surface area contributed by atoms with E-state index in [1.807, 2.05) is 0 Å². The summed E-state index contributed by atoms with van der Waals surface area (Å²) in [4.78, 5) is 2.50. The van der Waals surface area contributed by atoms with Crippen molar-refractivity contribution in [3.8, 4) is 0 Å². The van der Waals surface area contributed by atoms with Crippen molar-refractivity contribution in [2.24, 2.45) is 29.4 Å². The van der Waals surface area contributed by atoms with Gasteiger partial charge in [-0.2, -0.15) is 0 Å². The van der Waals surface area contributed by atoms with Gasteiger partial charge in [0.25, 0.3) is 0 Å². The predicted molar refractivity (Wildman–Crippen MR) is 80.6 cm³/mol. The van der Waals surface area contributed by atoms with Gasteiger partial charge < -0.3 is 10.6 Å². The van der Waals surface area contributed by atoms with Gasteiger partial charge in [-0.3, -0.25) is 0 Å². The molecule has 0 spiro atoms. The van der Waals surface area contributed by atoms with Crippen molar-refractivity contribution in [2.75, 3.05) is 20.1 Å². The fraction of sp³-hybridized carbons (Fsp3) is 1.00. The molecule has 18 heavy (non-hydrogen) atoms. The van der Waals surface area contributed by atoms with Crippen molar-refractivity contribution in [3.05, 3.63) is 0 Å². The standard InChI is InChI=1S/C16H34N2/c1-6-13(4)10-18(5)11-15-9-14(12(2)3)7-8-16(15)17/h12-16H,6-11,17H2,1-5H3. The molecule has 0 bridgehead atoms. The highest BCUT2D eigenvalue weighted by Crippen LogP contribution is 2.33. The molecule has 1 fully saturated rings. The highest BCUT2D eigenvalue weighted by atomic mass is 15.1. The molecule has 0 saturated heterocycles. The van der Waals surface area contributed by atoms with Crippen molar-refractivity contribution in [1.29, 1.82) is 0 Å². The van der Waals surface area contributed by atoms with Crippen molar-refractivity contribution in [3.63, 3.8) is 0 Å². The van der Waals surface area contributed by atoms with Crippen LogP contribution in [-0.4, -0.2) is 31.1 Å². The average molecular weight is 254 g/mol. The molecule has 4 atom stereocenters. The molecular weight excluding hydrogens is 220 g/mol. The Kier molecular flexibility index (Phi) is 6.65. The molecule has 0 amide bonds. The Labute approximate surface area is 114 Å². The fourth-order valence-electron chi connectivity index (χ4n) is 3.28. The van der Waals surface area contributed by atoms with Crippen LogP contribution in [0.25, 0.3) is 0 Å². The molecule has 0 aliphatic heterocycles. The molecule has 1 rings (SSSR count). The molecule has 4 unspecified atom stereocenters. The first kappa shape index (κ1) is 16.0. The van der Waals surface area contributed by atoms with E-state index in [-0.39, 0.29) is 0 Å². The predicted octanol–water partition coefficient (Wildman–Crippen LogP) is 3.36. The van der Waals surface area contributed by atoms with Crippen LogP contribution in [0.5, 0.6) is 0 Å². The molecule has 1 saturated carbocycles. The van der Waals surface area contributed by atoms with E-state index in [2.05, 4.69) is 39.6 Å². The van der Waals surface area contributed by atoms with Crippen LogP contribution in [0.15, 0.2) is 0 Å². The maximum atomic E-state index is 6.33. The molecule has 108 valence electrons. The molecule has 2 nitrogen and oxygen atoms in total. The number of hydrogen-bond acceptors (Lipinski definition) is 2. The largest absolute Gasteiger partial charge is 0.327 e. The summed E-state index contributed by atoms with van der Waals surface area (Å²) < 4.78 is 0. The number of nitrogens with zero attached hydrogens (tertiary/aromatic N) is 1. The molecule has 2 heteroatoms. The second-order valence-electron chi connectivity index (χ2n) is 6.98. The van der Waals surface area contributed by atoms with Gasteiger partial charge in [0, 0.05) is 19.1 Å². The monoisotopic (exact) mass is 254 g/mol. The maximum Gasteiger partial charge on any atom is 0.00795 e. The summed E-state index contributed by atoms with van der Waals surface area (Å²) in [6.07, 6.45) is 5.18. The summed E-state index contributed by atoms with van der Waals surface area (Å²) in [7, 11) is 2.26. The molecule has 2 N–H and O–H groups in total. The van der Waals surface area contributed by atoms with Gasteiger partial charge in [0.2, 0.25) is 0 Å². The van der Waals surface area contributed by atoms with Gasteiger partial charge in [0.15, 0.2) is 0 Å². The van der Waals surface area contributed by atoms with Crippen molar-refractivity contribution < 1.29 is 0 Å². The highest BCUT2D eigenvalue weighted by molar-refractivity contribution is 4.85. The average Bonchev–Trinajstić information content (AvgIpc) is 2.31. The minimum atomic E-state index is 0.430. The van der Waals surface area contributed by atoms with Crippen molar-refractivity contribution in [2.45, 2.75) is 59.4 Å². The summed E-state index contributed by atoms with van der Waals surface area (Å²) in [5.74, 6) is 3.22. The Balaban J connectivity index is 2.43. The van der Waals surface area contributed by atoms with Gasteiger partial charge >= 0.3 is 0 Å². The quantitative estimate of drug-likeness (QED) is 0.787. The number of hydrogen-bond donors (Lipinski definition) is 1. The van der Waals surface area contributed by atoms with Crippen LogP contribution in [0.3, 0.4) is 0 Å². The first-order valence-electron chi connectivity index (χ1n) is 7.88. The summed E-state index contributed by atoms with van der Waals surface area (Å²) in [6, 6.07) is 0.430. The van der Waals surface area contributed by atoms with Crippen LogP contribution in [0, 0.1) is 23.7 Å². The van der Waals surface area contributed by atoms with E-state index in [1.54, 1.807) is 0 Å². The van der Waals surface area contributed by atoms with E-state index in [9.17, 15) is 0 Å². The lowest BCUT2D eigenvalue weighted by molar-refractivity contribution is 0.142. The minimum Gasteiger partial charge on any atom is -0.327 e. The second-order valence-corrected chi connectivity index (χ2v) is 6.98. The van der Waals surface area contributed by atoms with E-state index < -0.39 is 0 Å². The lowest BCUT2D eigenvalue weighted by Crippen LogP contribution is -2.43. The topological polar surface area (TPSA) is 29.3 Å². The molecule has 0 aromatic heterocycles. The second kappa shape index (κ2) is 7.49. The highest BCUT2D eigenvalue weighted by Gasteiger charge is 2.30. The minimum absolute atomic E-state index is 0.430. The molecule has 0 radical (unpaired) electrons. The van der Waals surface area contributed by atoms with Crippen LogP contribution < -0.4 is 5.73 Å². The van der Waals surface area contributed by atoms with Crippen LogP contribution in [0.2, 0.25) is 0 Å². The van der Waals surface area contributed by atoms with Gasteiger partial charge in [-0.1, -0.05) is 34.1 Å². The molecule has 0 aromatic carbocycles. The maximum absolute atomic E-state index is 6.33. The molecule has 0 heterocycles. The third-order valence-corrected chi connectivity index (χ3v) is 4.89. The zero-order valence-electron chi connectivity index (χ0n) is 13.2. The molecule has 1 aliphatic rings. The zero-order valence-corrected chi connectivity index (χ0v) is 13.2. The Hall–Kier alpha value is -0.0800. The smallest absolute Gasteiger partial charge is 0.00795 e. The summed E-state index contributed by atoms with van der Waals surface area (Å²) in [5, 5.41) is 0. The fourth-order valence-corrected chi connectivity index (χ4v) is 3.28. The van der Waals surface area contributed by atoms with Gasteiger partial charge in [-0.25, -0.2) is 0 Å². The zero-order chi connectivity index (χ0) is 13.7. The lowest BCUT2D eigenvalue weighted by Gasteiger charge is -2.38. The Morgan fingerprint density at radius 2 is 1.89 bits per heavy atom. The summed E-state index contributed by atoms with van der Waals surface area (Å²) in [5.41, 5.74) is 6.33. The normalized spacial score (nSPS) is 31.0. The Morgan fingerprint density at radius 3 is 2.44 bits per heavy atom. The van der Waals surface area contributed by atoms with E-state index >= 15 is 0 Å². The summed E-state index contributed by atoms with van der Waals surface area (Å²) >= 11 is 0. The third kappa shape index (κ3) is 4.89. The van der Waals surface area contributed by atoms with Crippen LogP contribution >= 0.6 is 0 Å². The Morgan fingerprint density at radius 1 is 1.22 bits per heavy atom. The van der Waals surface area contributed by atoms with Crippen LogP contribution in [-0.2, 0) is 0 Å². The van der Waals surface area contributed by atoms with E-state index in [0.717, 1.165) is 17.8 Å². The lowest BCUT2D eigenvalue weighted by atomic mass is 9.73. The van der Waals surface area contributed by atoms with Crippen molar-refractivity contribution >= 4 is 0 Å².